The fourth-order valence-electron chi connectivity index (χ4n) is 3.22. The van der Waals surface area contributed by atoms with Gasteiger partial charge in [-0.15, -0.1) is 11.8 Å². The maximum atomic E-state index is 13.3. The second-order valence-electron chi connectivity index (χ2n) is 6.93. The molecule has 0 atom stereocenters. The van der Waals surface area contributed by atoms with Crippen molar-refractivity contribution in [3.05, 3.63) is 64.6 Å². The van der Waals surface area contributed by atoms with Gasteiger partial charge < -0.3 is 9.47 Å². The first kappa shape index (κ1) is 21.0. The Morgan fingerprint density at radius 1 is 0.931 bits per heavy atom. The molecule has 0 bridgehead atoms. The lowest BCUT2D eigenvalue weighted by Crippen LogP contribution is -2.33. The Morgan fingerprint density at radius 3 is 2.24 bits per heavy atom. The first-order valence-corrected chi connectivity index (χ1v) is 10.4. The summed E-state index contributed by atoms with van der Waals surface area (Å²) in [6.45, 7) is 4.34. The summed E-state index contributed by atoms with van der Waals surface area (Å²) in [7, 11) is 3.19. The van der Waals surface area contributed by atoms with E-state index < -0.39 is 0 Å². The van der Waals surface area contributed by atoms with E-state index in [-0.39, 0.29) is 17.1 Å². The van der Waals surface area contributed by atoms with E-state index in [1.54, 1.807) is 20.3 Å². The van der Waals surface area contributed by atoms with Crippen molar-refractivity contribution >= 4 is 29.1 Å². The van der Waals surface area contributed by atoms with E-state index >= 15 is 0 Å². The van der Waals surface area contributed by atoms with Gasteiger partial charge in [0.15, 0.2) is 0 Å². The monoisotopic (exact) mass is 411 g/mol. The Hall–Kier alpha value is -2.73. The van der Waals surface area contributed by atoms with Crippen molar-refractivity contribution in [2.75, 3.05) is 20.8 Å². The summed E-state index contributed by atoms with van der Waals surface area (Å²) in [5, 5.41) is 0.174. The molecule has 0 N–H and O–H groups in total. The molecular formula is C23H25NO4S. The zero-order valence-corrected chi connectivity index (χ0v) is 17.9. The summed E-state index contributed by atoms with van der Waals surface area (Å²) in [5.41, 5.74) is 2.12. The summed E-state index contributed by atoms with van der Waals surface area (Å²) in [6, 6.07) is 15.0. The molecule has 0 aliphatic carbocycles. The Balaban J connectivity index is 1.88. The number of benzene rings is 2. The summed E-state index contributed by atoms with van der Waals surface area (Å²) in [6.07, 6.45) is 0.584. The van der Waals surface area contributed by atoms with Crippen LogP contribution in [-0.4, -0.2) is 42.7 Å². The van der Waals surface area contributed by atoms with Gasteiger partial charge >= 0.3 is 0 Å². The third-order valence-corrected chi connectivity index (χ3v) is 5.72. The first-order valence-electron chi connectivity index (χ1n) is 9.49. The van der Waals surface area contributed by atoms with E-state index in [1.807, 2.05) is 56.3 Å². The predicted molar refractivity (Wildman–Crippen MR) is 116 cm³/mol. The van der Waals surface area contributed by atoms with Crippen molar-refractivity contribution in [2.45, 2.75) is 25.5 Å². The fourth-order valence-corrected chi connectivity index (χ4v) is 4.22. The molecule has 0 spiro atoms. The molecule has 152 valence electrons. The summed E-state index contributed by atoms with van der Waals surface area (Å²) in [5.74, 6) is 0.861. The number of rotatable bonds is 8. The molecule has 29 heavy (non-hydrogen) atoms. The number of carbonyl (C=O) groups is 2. The van der Waals surface area contributed by atoms with Crippen LogP contribution in [0, 0.1) is 0 Å². The minimum Gasteiger partial charge on any atom is -0.497 e. The molecule has 6 heteroatoms. The van der Waals surface area contributed by atoms with Crippen molar-refractivity contribution in [2.24, 2.45) is 0 Å². The predicted octanol–water partition coefficient (Wildman–Crippen LogP) is 4.17. The van der Waals surface area contributed by atoms with Crippen LogP contribution in [0.25, 0.3) is 5.57 Å². The van der Waals surface area contributed by atoms with Crippen molar-refractivity contribution in [1.82, 2.24) is 4.90 Å². The van der Waals surface area contributed by atoms with Gasteiger partial charge in [-0.3, -0.25) is 14.5 Å². The molecule has 1 aliphatic heterocycles. The molecule has 5 nitrogen and oxygen atoms in total. The van der Waals surface area contributed by atoms with Crippen molar-refractivity contribution < 1.29 is 19.1 Å². The van der Waals surface area contributed by atoms with E-state index in [0.717, 1.165) is 11.3 Å². The molecule has 2 aromatic carbocycles. The van der Waals surface area contributed by atoms with Crippen LogP contribution in [0.1, 0.15) is 25.0 Å². The van der Waals surface area contributed by atoms with Gasteiger partial charge in [0.05, 0.1) is 24.7 Å². The SMILES string of the molecule is COc1ccc(CCN2C(=O)C(SC(C)C)=C(c3ccccc3OC)C2=O)cc1. The smallest absolute Gasteiger partial charge is 0.268 e. The lowest BCUT2D eigenvalue weighted by Gasteiger charge is -2.16. The van der Waals surface area contributed by atoms with Gasteiger partial charge in [-0.1, -0.05) is 44.2 Å². The van der Waals surface area contributed by atoms with E-state index in [2.05, 4.69) is 0 Å². The van der Waals surface area contributed by atoms with Gasteiger partial charge in [0.25, 0.3) is 11.8 Å². The van der Waals surface area contributed by atoms with E-state index in [0.29, 0.717) is 34.8 Å². The van der Waals surface area contributed by atoms with Crippen LogP contribution in [0.2, 0.25) is 0 Å². The van der Waals surface area contributed by atoms with Gasteiger partial charge in [0.1, 0.15) is 11.5 Å². The highest BCUT2D eigenvalue weighted by molar-refractivity contribution is 8.04. The number of hydrogen-bond donors (Lipinski definition) is 0. The number of nitrogens with zero attached hydrogens (tertiary/aromatic N) is 1. The first-order chi connectivity index (χ1) is 14.0. The van der Waals surface area contributed by atoms with Crippen LogP contribution in [0.4, 0.5) is 0 Å². The Bertz CT molecular complexity index is 934. The zero-order valence-electron chi connectivity index (χ0n) is 17.1. The van der Waals surface area contributed by atoms with Crippen LogP contribution in [-0.2, 0) is 16.0 Å². The van der Waals surface area contributed by atoms with Crippen molar-refractivity contribution in [3.63, 3.8) is 0 Å². The topological polar surface area (TPSA) is 55.8 Å². The van der Waals surface area contributed by atoms with Crippen LogP contribution >= 0.6 is 11.8 Å². The molecule has 0 unspecified atom stereocenters. The number of thioether (sulfide) groups is 1. The number of imide groups is 1. The average molecular weight is 412 g/mol. The lowest BCUT2D eigenvalue weighted by molar-refractivity contribution is -0.136. The normalized spacial score (nSPS) is 14.2. The largest absolute Gasteiger partial charge is 0.497 e. The van der Waals surface area contributed by atoms with E-state index in [1.165, 1.54) is 16.7 Å². The molecule has 1 aliphatic rings. The number of ether oxygens (including phenoxy) is 2. The third kappa shape index (κ3) is 4.48. The molecule has 0 fully saturated rings. The van der Waals surface area contributed by atoms with Crippen LogP contribution < -0.4 is 9.47 Å². The maximum absolute atomic E-state index is 13.3. The number of carbonyl (C=O) groups excluding carboxylic acids is 2. The van der Waals surface area contributed by atoms with E-state index in [4.69, 9.17) is 9.47 Å². The number of amides is 2. The second kappa shape index (κ2) is 9.18. The lowest BCUT2D eigenvalue weighted by atomic mass is 10.0. The van der Waals surface area contributed by atoms with Crippen molar-refractivity contribution in [3.8, 4) is 11.5 Å². The molecule has 2 amide bonds. The Labute approximate surface area is 175 Å². The standard InChI is InChI=1S/C23H25NO4S/c1-15(2)29-21-20(18-7-5-6-8-19(18)28-4)22(25)24(23(21)26)14-13-16-9-11-17(27-3)12-10-16/h5-12,15H,13-14H2,1-4H3. The third-order valence-electron chi connectivity index (χ3n) is 4.64. The highest BCUT2D eigenvalue weighted by Crippen LogP contribution is 2.40. The molecule has 1 heterocycles. The number of hydrogen-bond acceptors (Lipinski definition) is 5. The molecule has 0 saturated heterocycles. The van der Waals surface area contributed by atoms with Crippen molar-refractivity contribution in [1.29, 1.82) is 0 Å². The van der Waals surface area contributed by atoms with E-state index in [9.17, 15) is 9.59 Å². The van der Waals surface area contributed by atoms with Crippen LogP contribution in [0.5, 0.6) is 11.5 Å². The maximum Gasteiger partial charge on any atom is 0.268 e. The quantitative estimate of drug-likeness (QED) is 0.611. The summed E-state index contributed by atoms with van der Waals surface area (Å²) in [4.78, 5) is 28.2. The minimum absolute atomic E-state index is 0.174. The molecule has 0 radical (unpaired) electrons. The summed E-state index contributed by atoms with van der Waals surface area (Å²) >= 11 is 1.42. The minimum atomic E-state index is -0.267. The average Bonchev–Trinajstić information content (AvgIpc) is 2.95. The van der Waals surface area contributed by atoms with Gasteiger partial charge in [-0.2, -0.15) is 0 Å². The number of methoxy groups -OCH3 is 2. The molecule has 0 saturated carbocycles. The van der Waals surface area contributed by atoms with Gasteiger partial charge in [-0.25, -0.2) is 0 Å². The second-order valence-corrected chi connectivity index (χ2v) is 8.52. The molecule has 3 rings (SSSR count). The Kier molecular flexibility index (Phi) is 6.64. The van der Waals surface area contributed by atoms with Crippen LogP contribution in [0.15, 0.2) is 53.4 Å². The summed E-state index contributed by atoms with van der Waals surface area (Å²) < 4.78 is 10.6. The molecule has 2 aromatic rings. The highest BCUT2D eigenvalue weighted by atomic mass is 32.2. The molecular weight excluding hydrogens is 386 g/mol. The fraction of sp³-hybridized carbons (Fsp3) is 0.304. The highest BCUT2D eigenvalue weighted by Gasteiger charge is 2.40. The zero-order chi connectivity index (χ0) is 21.0. The number of para-hydroxylation sites is 1. The van der Waals surface area contributed by atoms with Crippen LogP contribution in [0.3, 0.4) is 0 Å². The van der Waals surface area contributed by atoms with Gasteiger partial charge in [-0.05, 0) is 30.2 Å². The molecule has 0 aromatic heterocycles. The van der Waals surface area contributed by atoms with Gasteiger partial charge in [0.2, 0.25) is 0 Å². The van der Waals surface area contributed by atoms with Gasteiger partial charge in [0, 0.05) is 17.4 Å². The Morgan fingerprint density at radius 2 is 1.62 bits per heavy atom.